The van der Waals surface area contributed by atoms with E-state index in [9.17, 15) is 14.0 Å². The van der Waals surface area contributed by atoms with Gasteiger partial charge in [-0.3, -0.25) is 9.59 Å². The van der Waals surface area contributed by atoms with Crippen molar-refractivity contribution in [1.29, 1.82) is 0 Å². The summed E-state index contributed by atoms with van der Waals surface area (Å²) in [5, 5.41) is 9.65. The van der Waals surface area contributed by atoms with Crippen molar-refractivity contribution < 1.29 is 18.5 Å². The van der Waals surface area contributed by atoms with Crippen LogP contribution in [0.25, 0.3) is 0 Å². The molecule has 10 nitrogen and oxygen atoms in total. The predicted molar refractivity (Wildman–Crippen MR) is 126 cm³/mol. The van der Waals surface area contributed by atoms with Crippen LogP contribution in [0.5, 0.6) is 0 Å². The van der Waals surface area contributed by atoms with Gasteiger partial charge in [0.2, 0.25) is 5.88 Å². The smallest absolute Gasteiger partial charge is 0.271 e. The summed E-state index contributed by atoms with van der Waals surface area (Å²) in [4.78, 5) is 35.3. The molecular formula is C24H26FN7O3. The van der Waals surface area contributed by atoms with Gasteiger partial charge in [-0.2, -0.15) is 0 Å². The van der Waals surface area contributed by atoms with Crippen molar-refractivity contribution in [2.24, 2.45) is 5.73 Å². The number of nitrogens with two attached hydrogens (primary N) is 1. The second-order valence-electron chi connectivity index (χ2n) is 9.02. The molecule has 0 bridgehead atoms. The van der Waals surface area contributed by atoms with Crippen LogP contribution in [0.2, 0.25) is 0 Å². The Morgan fingerprint density at radius 1 is 1.23 bits per heavy atom. The second kappa shape index (κ2) is 9.32. The van der Waals surface area contributed by atoms with Gasteiger partial charge in [0, 0.05) is 25.2 Å². The third kappa shape index (κ3) is 5.08. The number of piperidine rings is 1. The first-order valence-corrected chi connectivity index (χ1v) is 11.6. The van der Waals surface area contributed by atoms with E-state index in [-0.39, 0.29) is 23.1 Å². The Morgan fingerprint density at radius 2 is 2.06 bits per heavy atom. The number of aryl methyl sites for hydroxylation is 1. The quantitative estimate of drug-likeness (QED) is 0.470. The molecule has 2 aromatic heterocycles. The lowest BCUT2D eigenvalue weighted by Gasteiger charge is -2.34. The van der Waals surface area contributed by atoms with Gasteiger partial charge in [-0.1, -0.05) is 11.2 Å². The number of rotatable bonds is 7. The summed E-state index contributed by atoms with van der Waals surface area (Å²) in [5.41, 5.74) is 7.08. The number of hydrogen-bond donors (Lipinski definition) is 3. The Balaban J connectivity index is 1.29. The number of hydrogen-bond acceptors (Lipinski definition) is 8. The molecule has 11 heteroatoms. The van der Waals surface area contributed by atoms with E-state index in [4.69, 9.17) is 10.3 Å². The minimum Gasteiger partial charge on any atom is -0.364 e. The SMILES string of the molecule is Cc1cc(Nc2nc(N3CCCC(NC(=O)c4ccc(C5CC5)cc4F)C3)cnc2C(N)=O)on1. The van der Waals surface area contributed by atoms with Crippen molar-refractivity contribution in [2.75, 3.05) is 23.3 Å². The third-order valence-corrected chi connectivity index (χ3v) is 6.23. The molecule has 1 saturated heterocycles. The molecule has 0 radical (unpaired) electrons. The molecule has 3 aromatic rings. The fourth-order valence-corrected chi connectivity index (χ4v) is 4.29. The Bertz CT molecular complexity index is 1270. The molecule has 0 spiro atoms. The summed E-state index contributed by atoms with van der Waals surface area (Å²) < 4.78 is 19.7. The normalized spacial score (nSPS) is 17.8. The Morgan fingerprint density at radius 3 is 2.74 bits per heavy atom. The number of primary amides is 1. The topological polar surface area (TPSA) is 139 Å². The first kappa shape index (κ1) is 22.8. The van der Waals surface area contributed by atoms with Gasteiger partial charge in [0.25, 0.3) is 11.8 Å². The third-order valence-electron chi connectivity index (χ3n) is 6.23. The number of benzene rings is 1. The minimum absolute atomic E-state index is 0.0326. The number of amides is 2. The molecular weight excluding hydrogens is 453 g/mol. The molecule has 3 heterocycles. The van der Waals surface area contributed by atoms with E-state index >= 15 is 0 Å². The van der Waals surface area contributed by atoms with Crippen LogP contribution < -0.4 is 21.3 Å². The van der Waals surface area contributed by atoms with Crippen molar-refractivity contribution in [2.45, 2.75) is 44.6 Å². The molecule has 1 aliphatic heterocycles. The summed E-state index contributed by atoms with van der Waals surface area (Å²) in [6.45, 7) is 2.91. The molecule has 1 aliphatic carbocycles. The van der Waals surface area contributed by atoms with Crippen molar-refractivity contribution in [1.82, 2.24) is 20.4 Å². The summed E-state index contributed by atoms with van der Waals surface area (Å²) in [6, 6.07) is 6.33. The van der Waals surface area contributed by atoms with Gasteiger partial charge in [-0.15, -0.1) is 0 Å². The van der Waals surface area contributed by atoms with Crippen LogP contribution in [0.3, 0.4) is 0 Å². The van der Waals surface area contributed by atoms with E-state index in [0.717, 1.165) is 31.2 Å². The van der Waals surface area contributed by atoms with Crippen LogP contribution in [0.15, 0.2) is 35.0 Å². The van der Waals surface area contributed by atoms with Crippen LogP contribution in [0.4, 0.5) is 21.9 Å². The Hall–Kier alpha value is -4.02. The maximum atomic E-state index is 14.6. The number of carbonyl (C=O) groups is 2. The molecule has 1 unspecified atom stereocenters. The van der Waals surface area contributed by atoms with Crippen molar-refractivity contribution in [3.05, 3.63) is 58.8 Å². The van der Waals surface area contributed by atoms with E-state index in [0.29, 0.717) is 36.4 Å². The zero-order valence-corrected chi connectivity index (χ0v) is 19.3. The zero-order valence-electron chi connectivity index (χ0n) is 19.3. The fourth-order valence-electron chi connectivity index (χ4n) is 4.29. The summed E-state index contributed by atoms with van der Waals surface area (Å²) in [5.74, 6) is -0.289. The number of aromatic nitrogens is 3. The van der Waals surface area contributed by atoms with Gasteiger partial charge in [0.1, 0.15) is 11.6 Å². The number of halogens is 1. The van der Waals surface area contributed by atoms with E-state index in [1.807, 2.05) is 11.0 Å². The molecule has 4 N–H and O–H groups in total. The Labute approximate surface area is 201 Å². The molecule has 5 rings (SSSR count). The second-order valence-corrected chi connectivity index (χ2v) is 9.02. The number of nitrogens with one attached hydrogen (secondary N) is 2. The molecule has 2 fully saturated rings. The number of anilines is 3. The number of nitrogens with zero attached hydrogens (tertiary/aromatic N) is 4. The monoisotopic (exact) mass is 479 g/mol. The molecule has 1 aromatic carbocycles. The van der Waals surface area contributed by atoms with Gasteiger partial charge >= 0.3 is 0 Å². The summed E-state index contributed by atoms with van der Waals surface area (Å²) in [7, 11) is 0. The first-order chi connectivity index (χ1) is 16.9. The Kier molecular flexibility index (Phi) is 6.06. The van der Waals surface area contributed by atoms with E-state index in [1.165, 1.54) is 12.3 Å². The van der Waals surface area contributed by atoms with E-state index in [1.54, 1.807) is 19.1 Å². The van der Waals surface area contributed by atoms with Crippen LogP contribution in [0.1, 0.15) is 63.7 Å². The largest absolute Gasteiger partial charge is 0.364 e. The van der Waals surface area contributed by atoms with Gasteiger partial charge in [0.15, 0.2) is 11.5 Å². The average molecular weight is 480 g/mol. The summed E-state index contributed by atoms with van der Waals surface area (Å²) in [6.07, 6.45) is 5.15. The number of carbonyl (C=O) groups excluding carboxylic acids is 2. The van der Waals surface area contributed by atoms with E-state index in [2.05, 4.69) is 25.8 Å². The highest BCUT2D eigenvalue weighted by Gasteiger charge is 2.27. The van der Waals surface area contributed by atoms with E-state index < -0.39 is 17.6 Å². The minimum atomic E-state index is -0.735. The van der Waals surface area contributed by atoms with Crippen LogP contribution in [-0.2, 0) is 0 Å². The van der Waals surface area contributed by atoms with Crippen molar-refractivity contribution >= 4 is 29.3 Å². The highest BCUT2D eigenvalue weighted by Crippen LogP contribution is 2.40. The maximum absolute atomic E-state index is 14.6. The van der Waals surface area contributed by atoms with Crippen LogP contribution in [0, 0.1) is 12.7 Å². The van der Waals surface area contributed by atoms with Gasteiger partial charge < -0.3 is 25.8 Å². The molecule has 182 valence electrons. The first-order valence-electron chi connectivity index (χ1n) is 11.6. The molecule has 1 saturated carbocycles. The van der Waals surface area contributed by atoms with Crippen molar-refractivity contribution in [3.8, 4) is 0 Å². The zero-order chi connectivity index (χ0) is 24.5. The standard InChI is InChI=1S/C24H26FN7O3/c1-13-9-20(35-31-13)30-23-21(22(26)33)27-11-19(29-23)32-8-2-3-16(12-32)28-24(34)17-7-6-15(10-18(17)25)14-4-5-14/h6-7,9-11,14,16H,2-5,8,12H2,1H3,(H2,26,33)(H,28,34)(H,29,30). The van der Waals surface area contributed by atoms with Gasteiger partial charge in [-0.05, 0) is 56.2 Å². The molecule has 2 aliphatic rings. The fraction of sp³-hybridized carbons (Fsp3) is 0.375. The highest BCUT2D eigenvalue weighted by atomic mass is 19.1. The lowest BCUT2D eigenvalue weighted by atomic mass is 10.0. The van der Waals surface area contributed by atoms with Gasteiger partial charge in [0.05, 0.1) is 17.5 Å². The maximum Gasteiger partial charge on any atom is 0.271 e. The molecule has 2 amide bonds. The lowest BCUT2D eigenvalue weighted by molar-refractivity contribution is 0.0927. The highest BCUT2D eigenvalue weighted by molar-refractivity contribution is 5.96. The molecule has 35 heavy (non-hydrogen) atoms. The van der Waals surface area contributed by atoms with Crippen LogP contribution in [-0.4, -0.2) is 46.1 Å². The average Bonchev–Trinajstić information content (AvgIpc) is 3.61. The summed E-state index contributed by atoms with van der Waals surface area (Å²) >= 11 is 0. The van der Waals surface area contributed by atoms with Gasteiger partial charge in [-0.25, -0.2) is 14.4 Å². The molecule has 1 atom stereocenters. The lowest BCUT2D eigenvalue weighted by Crippen LogP contribution is -2.48. The van der Waals surface area contributed by atoms with Crippen molar-refractivity contribution in [3.63, 3.8) is 0 Å². The predicted octanol–water partition coefficient (Wildman–Crippen LogP) is 3.03. The van der Waals surface area contributed by atoms with Crippen LogP contribution >= 0.6 is 0 Å².